The van der Waals surface area contributed by atoms with Crippen molar-refractivity contribution >= 4 is 17.1 Å². The van der Waals surface area contributed by atoms with Crippen LogP contribution in [0, 0.1) is 5.82 Å². The number of hydrogen-bond acceptors (Lipinski definition) is 4. The molecule has 2 aromatic heterocycles. The van der Waals surface area contributed by atoms with Crippen molar-refractivity contribution in [1.82, 2.24) is 9.97 Å². The van der Waals surface area contributed by atoms with E-state index in [1.807, 2.05) is 18.2 Å². The van der Waals surface area contributed by atoms with Gasteiger partial charge < -0.3 is 0 Å². The van der Waals surface area contributed by atoms with E-state index < -0.39 is 5.82 Å². The summed E-state index contributed by atoms with van der Waals surface area (Å²) in [6.07, 6.45) is 2.90. The van der Waals surface area contributed by atoms with E-state index in [0.29, 0.717) is 21.8 Å². The first-order valence-corrected chi connectivity index (χ1v) is 7.24. The summed E-state index contributed by atoms with van der Waals surface area (Å²) in [5.74, 6) is -0.407. The first-order valence-electron chi connectivity index (χ1n) is 6.36. The summed E-state index contributed by atoms with van der Waals surface area (Å²) in [6, 6.07) is 10.6. The van der Waals surface area contributed by atoms with Crippen molar-refractivity contribution in [2.75, 3.05) is 0 Å². The van der Waals surface area contributed by atoms with Crippen LogP contribution in [-0.4, -0.2) is 15.8 Å². The van der Waals surface area contributed by atoms with Crippen molar-refractivity contribution < 1.29 is 9.18 Å². The topological polar surface area (TPSA) is 42.9 Å². The van der Waals surface area contributed by atoms with Gasteiger partial charge in [-0.05, 0) is 6.07 Å². The van der Waals surface area contributed by atoms with Gasteiger partial charge in [0.2, 0.25) is 0 Å². The Morgan fingerprint density at radius 2 is 2.00 bits per heavy atom. The van der Waals surface area contributed by atoms with E-state index in [2.05, 4.69) is 9.97 Å². The van der Waals surface area contributed by atoms with E-state index in [0.717, 1.165) is 6.20 Å². The molecule has 5 heteroatoms. The standard InChI is InChI=1S/C16H11FN2OS/c17-14-9-18-7-6-13(14)16-19-12(10-21-16)8-15(20)11-4-2-1-3-5-11/h1-7,9-10H,8H2. The first-order chi connectivity index (χ1) is 10.2. The Morgan fingerprint density at radius 3 is 2.76 bits per heavy atom. The summed E-state index contributed by atoms with van der Waals surface area (Å²) in [6.45, 7) is 0. The number of nitrogens with zero attached hydrogens (tertiary/aromatic N) is 2. The van der Waals surface area contributed by atoms with Gasteiger partial charge in [-0.3, -0.25) is 9.78 Å². The van der Waals surface area contributed by atoms with Crippen molar-refractivity contribution in [3.05, 3.63) is 71.2 Å². The van der Waals surface area contributed by atoms with Crippen LogP contribution in [0.3, 0.4) is 0 Å². The number of thiazole rings is 1. The second kappa shape index (κ2) is 5.93. The number of carbonyl (C=O) groups is 1. The average Bonchev–Trinajstić information content (AvgIpc) is 2.97. The normalized spacial score (nSPS) is 10.5. The van der Waals surface area contributed by atoms with Gasteiger partial charge in [0.15, 0.2) is 11.6 Å². The Balaban J connectivity index is 1.80. The molecule has 0 aliphatic carbocycles. The third-order valence-corrected chi connectivity index (χ3v) is 3.92. The van der Waals surface area contributed by atoms with Gasteiger partial charge in [-0.25, -0.2) is 9.37 Å². The zero-order valence-electron chi connectivity index (χ0n) is 11.0. The molecule has 0 bridgehead atoms. The van der Waals surface area contributed by atoms with Gasteiger partial charge in [0.05, 0.1) is 18.3 Å². The fraction of sp³-hybridized carbons (Fsp3) is 0.0625. The molecule has 0 amide bonds. The molecule has 3 rings (SSSR count). The minimum atomic E-state index is -0.409. The molecule has 0 atom stereocenters. The SMILES string of the molecule is O=C(Cc1csc(-c2ccncc2F)n1)c1ccccc1. The maximum absolute atomic E-state index is 13.6. The molecule has 1 aromatic carbocycles. The smallest absolute Gasteiger partial charge is 0.168 e. The van der Waals surface area contributed by atoms with Gasteiger partial charge in [-0.2, -0.15) is 0 Å². The molecule has 0 aliphatic rings. The quantitative estimate of drug-likeness (QED) is 0.689. The van der Waals surface area contributed by atoms with Crippen LogP contribution in [0.2, 0.25) is 0 Å². The molecule has 0 unspecified atom stereocenters. The van der Waals surface area contributed by atoms with E-state index in [9.17, 15) is 9.18 Å². The second-order valence-electron chi connectivity index (χ2n) is 4.47. The Morgan fingerprint density at radius 1 is 1.19 bits per heavy atom. The van der Waals surface area contributed by atoms with Gasteiger partial charge >= 0.3 is 0 Å². The van der Waals surface area contributed by atoms with Crippen LogP contribution in [0.15, 0.2) is 54.2 Å². The molecular weight excluding hydrogens is 287 g/mol. The highest BCUT2D eigenvalue weighted by atomic mass is 32.1. The van der Waals surface area contributed by atoms with Gasteiger partial charge in [-0.15, -0.1) is 11.3 Å². The monoisotopic (exact) mass is 298 g/mol. The van der Waals surface area contributed by atoms with E-state index >= 15 is 0 Å². The maximum Gasteiger partial charge on any atom is 0.168 e. The third-order valence-electron chi connectivity index (χ3n) is 2.99. The van der Waals surface area contributed by atoms with Crippen LogP contribution in [0.4, 0.5) is 4.39 Å². The van der Waals surface area contributed by atoms with Gasteiger partial charge in [-0.1, -0.05) is 30.3 Å². The number of carbonyl (C=O) groups excluding carboxylic acids is 1. The predicted molar refractivity (Wildman–Crippen MR) is 79.8 cm³/mol. The van der Waals surface area contributed by atoms with Crippen molar-refractivity contribution in [3.63, 3.8) is 0 Å². The molecule has 0 fully saturated rings. The third kappa shape index (κ3) is 3.03. The van der Waals surface area contributed by atoms with Crippen LogP contribution >= 0.6 is 11.3 Å². The minimum absolute atomic E-state index is 0.00245. The Bertz CT molecular complexity index is 771. The van der Waals surface area contributed by atoms with Gasteiger partial charge in [0.25, 0.3) is 0 Å². The number of halogens is 1. The summed E-state index contributed by atoms with van der Waals surface area (Å²) in [7, 11) is 0. The first kappa shape index (κ1) is 13.6. The number of rotatable bonds is 4. The molecule has 0 aliphatic heterocycles. The lowest BCUT2D eigenvalue weighted by Gasteiger charge is -1.98. The Labute approximate surface area is 125 Å². The van der Waals surface area contributed by atoms with E-state index in [1.165, 1.54) is 17.5 Å². The van der Waals surface area contributed by atoms with Gasteiger partial charge in [0.1, 0.15) is 5.01 Å². The van der Waals surface area contributed by atoms with E-state index in [-0.39, 0.29) is 12.2 Å². The highest BCUT2D eigenvalue weighted by molar-refractivity contribution is 7.13. The lowest BCUT2D eigenvalue weighted by atomic mass is 10.1. The summed E-state index contributed by atoms with van der Waals surface area (Å²) in [4.78, 5) is 20.2. The summed E-state index contributed by atoms with van der Waals surface area (Å²) < 4.78 is 13.6. The Hall–Kier alpha value is -2.40. The molecule has 21 heavy (non-hydrogen) atoms. The number of ketones is 1. The van der Waals surface area contributed by atoms with E-state index in [4.69, 9.17) is 0 Å². The number of pyridine rings is 1. The van der Waals surface area contributed by atoms with Crippen molar-refractivity contribution in [2.45, 2.75) is 6.42 Å². The molecule has 0 radical (unpaired) electrons. The molecule has 3 aromatic rings. The van der Waals surface area contributed by atoms with Crippen molar-refractivity contribution in [3.8, 4) is 10.6 Å². The zero-order chi connectivity index (χ0) is 14.7. The number of benzene rings is 1. The molecule has 104 valence electrons. The fourth-order valence-electron chi connectivity index (χ4n) is 1.95. The summed E-state index contributed by atoms with van der Waals surface area (Å²) in [5, 5.41) is 2.35. The number of Topliss-reactive ketones (excluding diaryl/α,β-unsaturated/α-hetero) is 1. The summed E-state index contributed by atoms with van der Waals surface area (Å²) in [5.41, 5.74) is 1.72. The molecule has 3 nitrogen and oxygen atoms in total. The molecule has 0 spiro atoms. The maximum atomic E-state index is 13.6. The fourth-order valence-corrected chi connectivity index (χ4v) is 2.80. The Kier molecular flexibility index (Phi) is 3.83. The molecule has 0 saturated heterocycles. The molecule has 0 N–H and O–H groups in total. The number of aromatic nitrogens is 2. The van der Waals surface area contributed by atoms with Crippen LogP contribution in [0.5, 0.6) is 0 Å². The lowest BCUT2D eigenvalue weighted by Crippen LogP contribution is -2.03. The van der Waals surface area contributed by atoms with Crippen molar-refractivity contribution in [1.29, 1.82) is 0 Å². The summed E-state index contributed by atoms with van der Waals surface area (Å²) >= 11 is 1.32. The minimum Gasteiger partial charge on any atom is -0.294 e. The highest BCUT2D eigenvalue weighted by Gasteiger charge is 2.12. The lowest BCUT2D eigenvalue weighted by molar-refractivity contribution is 0.0992. The molecule has 2 heterocycles. The predicted octanol–water partition coefficient (Wildman–Crippen LogP) is 3.77. The molecule has 0 saturated carbocycles. The second-order valence-corrected chi connectivity index (χ2v) is 5.32. The van der Waals surface area contributed by atoms with Crippen molar-refractivity contribution in [2.24, 2.45) is 0 Å². The van der Waals surface area contributed by atoms with Crippen LogP contribution in [0.25, 0.3) is 10.6 Å². The number of hydrogen-bond donors (Lipinski definition) is 0. The highest BCUT2D eigenvalue weighted by Crippen LogP contribution is 2.26. The molecular formula is C16H11FN2OS. The zero-order valence-corrected chi connectivity index (χ0v) is 11.8. The largest absolute Gasteiger partial charge is 0.294 e. The van der Waals surface area contributed by atoms with E-state index in [1.54, 1.807) is 23.6 Å². The van der Waals surface area contributed by atoms with Crippen LogP contribution in [0.1, 0.15) is 16.1 Å². The van der Waals surface area contributed by atoms with Gasteiger partial charge in [0, 0.05) is 22.7 Å². The average molecular weight is 298 g/mol. The van der Waals surface area contributed by atoms with Crippen LogP contribution < -0.4 is 0 Å². The van der Waals surface area contributed by atoms with Crippen LogP contribution in [-0.2, 0) is 6.42 Å².